The Morgan fingerprint density at radius 3 is 2.50 bits per heavy atom. The molecule has 0 aromatic heterocycles. The number of ether oxygens (including phenoxy) is 1. The molecule has 1 unspecified atom stereocenters. The van der Waals surface area contributed by atoms with Gasteiger partial charge in [-0.2, -0.15) is 0 Å². The zero-order valence-electron chi connectivity index (χ0n) is 9.99. The lowest BCUT2D eigenvalue weighted by atomic mass is 9.90. The van der Waals surface area contributed by atoms with E-state index in [1.807, 2.05) is 0 Å². The standard InChI is InChI=1S/C14H21NO/c1-11-2-4-13(5-3-11)14(15)10-12-6-8-16-9-7-12/h2-5,12,14H,6-10,15H2,1H3. The van der Waals surface area contributed by atoms with Crippen molar-refractivity contribution in [3.05, 3.63) is 35.4 Å². The van der Waals surface area contributed by atoms with Crippen LogP contribution in [0.5, 0.6) is 0 Å². The number of rotatable bonds is 3. The summed E-state index contributed by atoms with van der Waals surface area (Å²) in [5.41, 5.74) is 8.79. The average Bonchev–Trinajstić information content (AvgIpc) is 2.31. The van der Waals surface area contributed by atoms with Crippen molar-refractivity contribution in [2.75, 3.05) is 13.2 Å². The van der Waals surface area contributed by atoms with Crippen LogP contribution in [0.4, 0.5) is 0 Å². The molecule has 2 rings (SSSR count). The molecule has 1 aliphatic heterocycles. The van der Waals surface area contributed by atoms with Crippen LogP contribution in [-0.4, -0.2) is 13.2 Å². The molecule has 1 atom stereocenters. The van der Waals surface area contributed by atoms with Crippen molar-refractivity contribution in [2.24, 2.45) is 11.7 Å². The number of aryl methyl sites for hydroxylation is 1. The summed E-state index contributed by atoms with van der Waals surface area (Å²) in [6.45, 7) is 3.92. The SMILES string of the molecule is Cc1ccc(C(N)CC2CCOCC2)cc1. The predicted molar refractivity (Wildman–Crippen MR) is 66.3 cm³/mol. The van der Waals surface area contributed by atoms with Crippen molar-refractivity contribution in [2.45, 2.75) is 32.2 Å². The van der Waals surface area contributed by atoms with E-state index < -0.39 is 0 Å². The lowest BCUT2D eigenvalue weighted by Crippen LogP contribution is -2.21. The van der Waals surface area contributed by atoms with E-state index in [4.69, 9.17) is 10.5 Å². The Kier molecular flexibility index (Phi) is 3.97. The Bertz CT molecular complexity index is 314. The van der Waals surface area contributed by atoms with Crippen molar-refractivity contribution < 1.29 is 4.74 Å². The average molecular weight is 219 g/mol. The molecule has 1 heterocycles. The van der Waals surface area contributed by atoms with Crippen molar-refractivity contribution in [1.82, 2.24) is 0 Å². The van der Waals surface area contributed by atoms with Gasteiger partial charge < -0.3 is 10.5 Å². The van der Waals surface area contributed by atoms with Gasteiger partial charge in [0.2, 0.25) is 0 Å². The van der Waals surface area contributed by atoms with E-state index in [9.17, 15) is 0 Å². The van der Waals surface area contributed by atoms with Crippen LogP contribution in [0.3, 0.4) is 0 Å². The number of nitrogens with two attached hydrogens (primary N) is 1. The highest BCUT2D eigenvalue weighted by Gasteiger charge is 2.17. The quantitative estimate of drug-likeness (QED) is 0.848. The molecule has 2 heteroatoms. The molecule has 1 fully saturated rings. The summed E-state index contributed by atoms with van der Waals surface area (Å²) in [5, 5.41) is 0. The van der Waals surface area contributed by atoms with Gasteiger partial charge in [0.05, 0.1) is 0 Å². The van der Waals surface area contributed by atoms with Crippen LogP contribution < -0.4 is 5.73 Å². The van der Waals surface area contributed by atoms with E-state index >= 15 is 0 Å². The topological polar surface area (TPSA) is 35.2 Å². The maximum Gasteiger partial charge on any atom is 0.0468 e. The third-order valence-electron chi connectivity index (χ3n) is 3.43. The first-order chi connectivity index (χ1) is 7.75. The van der Waals surface area contributed by atoms with E-state index in [0.29, 0.717) is 0 Å². The Balaban J connectivity index is 1.91. The van der Waals surface area contributed by atoms with Gasteiger partial charge in [-0.15, -0.1) is 0 Å². The third kappa shape index (κ3) is 3.06. The minimum Gasteiger partial charge on any atom is -0.381 e. The fourth-order valence-electron chi connectivity index (χ4n) is 2.29. The smallest absolute Gasteiger partial charge is 0.0468 e. The molecular formula is C14H21NO. The first-order valence-electron chi connectivity index (χ1n) is 6.15. The minimum atomic E-state index is 0.184. The van der Waals surface area contributed by atoms with Gasteiger partial charge in [-0.3, -0.25) is 0 Å². The van der Waals surface area contributed by atoms with Crippen molar-refractivity contribution in [3.63, 3.8) is 0 Å². The molecule has 88 valence electrons. The summed E-state index contributed by atoms with van der Waals surface area (Å²) in [6.07, 6.45) is 3.42. The number of hydrogen-bond acceptors (Lipinski definition) is 2. The van der Waals surface area contributed by atoms with Crippen molar-refractivity contribution >= 4 is 0 Å². The predicted octanol–water partition coefficient (Wildman–Crippen LogP) is 2.81. The normalized spacial score (nSPS) is 19.6. The summed E-state index contributed by atoms with van der Waals surface area (Å²) in [5.74, 6) is 0.741. The van der Waals surface area contributed by atoms with E-state index in [0.717, 1.165) is 25.6 Å². The Hall–Kier alpha value is -0.860. The van der Waals surface area contributed by atoms with Crippen LogP contribution >= 0.6 is 0 Å². The van der Waals surface area contributed by atoms with Gasteiger partial charge in [-0.1, -0.05) is 29.8 Å². The molecule has 16 heavy (non-hydrogen) atoms. The van der Waals surface area contributed by atoms with E-state index in [1.165, 1.54) is 24.0 Å². The van der Waals surface area contributed by atoms with Crippen molar-refractivity contribution in [3.8, 4) is 0 Å². The highest BCUT2D eigenvalue weighted by molar-refractivity contribution is 5.23. The monoisotopic (exact) mass is 219 g/mol. The van der Waals surface area contributed by atoms with Crippen LogP contribution in [0, 0.1) is 12.8 Å². The minimum absolute atomic E-state index is 0.184. The van der Waals surface area contributed by atoms with E-state index in [2.05, 4.69) is 31.2 Å². The molecule has 0 radical (unpaired) electrons. The summed E-state index contributed by atoms with van der Waals surface area (Å²) in [7, 11) is 0. The molecule has 0 bridgehead atoms. The fourth-order valence-corrected chi connectivity index (χ4v) is 2.29. The van der Waals surface area contributed by atoms with Gasteiger partial charge in [-0.05, 0) is 37.7 Å². The van der Waals surface area contributed by atoms with Crippen LogP contribution in [0.25, 0.3) is 0 Å². The Morgan fingerprint density at radius 1 is 1.25 bits per heavy atom. The van der Waals surface area contributed by atoms with E-state index in [1.54, 1.807) is 0 Å². The zero-order chi connectivity index (χ0) is 11.4. The highest BCUT2D eigenvalue weighted by Crippen LogP contribution is 2.26. The van der Waals surface area contributed by atoms with Gasteiger partial charge in [0.25, 0.3) is 0 Å². The molecule has 0 aliphatic carbocycles. The van der Waals surface area contributed by atoms with Gasteiger partial charge >= 0.3 is 0 Å². The van der Waals surface area contributed by atoms with Gasteiger partial charge in [0.15, 0.2) is 0 Å². The van der Waals surface area contributed by atoms with Gasteiger partial charge in [0, 0.05) is 19.3 Å². The lowest BCUT2D eigenvalue weighted by molar-refractivity contribution is 0.0618. The summed E-state index contributed by atoms with van der Waals surface area (Å²) >= 11 is 0. The van der Waals surface area contributed by atoms with Crippen LogP contribution in [0.1, 0.15) is 36.4 Å². The summed E-state index contributed by atoms with van der Waals surface area (Å²) in [4.78, 5) is 0. The Labute approximate surface area is 97.8 Å². The largest absolute Gasteiger partial charge is 0.381 e. The summed E-state index contributed by atoms with van der Waals surface area (Å²) < 4.78 is 5.36. The fraction of sp³-hybridized carbons (Fsp3) is 0.571. The molecule has 0 amide bonds. The first-order valence-corrected chi connectivity index (χ1v) is 6.15. The highest BCUT2D eigenvalue weighted by atomic mass is 16.5. The zero-order valence-corrected chi connectivity index (χ0v) is 9.99. The molecule has 1 aromatic rings. The van der Waals surface area contributed by atoms with Gasteiger partial charge in [0.1, 0.15) is 0 Å². The molecule has 0 spiro atoms. The number of hydrogen-bond donors (Lipinski definition) is 1. The lowest BCUT2D eigenvalue weighted by Gasteiger charge is -2.25. The van der Waals surface area contributed by atoms with Crippen LogP contribution in [-0.2, 0) is 4.74 Å². The molecule has 1 aliphatic rings. The molecule has 1 aromatic carbocycles. The molecule has 0 saturated carbocycles. The van der Waals surface area contributed by atoms with Crippen LogP contribution in [0.2, 0.25) is 0 Å². The number of benzene rings is 1. The summed E-state index contributed by atoms with van der Waals surface area (Å²) in [6, 6.07) is 8.76. The van der Waals surface area contributed by atoms with Gasteiger partial charge in [-0.25, -0.2) is 0 Å². The van der Waals surface area contributed by atoms with E-state index in [-0.39, 0.29) is 6.04 Å². The first kappa shape index (κ1) is 11.6. The second-order valence-electron chi connectivity index (χ2n) is 4.81. The second-order valence-corrected chi connectivity index (χ2v) is 4.81. The maximum absolute atomic E-state index is 6.24. The molecular weight excluding hydrogens is 198 g/mol. The molecule has 1 saturated heterocycles. The Morgan fingerprint density at radius 2 is 1.88 bits per heavy atom. The molecule has 2 N–H and O–H groups in total. The third-order valence-corrected chi connectivity index (χ3v) is 3.43. The maximum atomic E-state index is 6.24. The molecule has 2 nitrogen and oxygen atoms in total. The second kappa shape index (κ2) is 5.46. The van der Waals surface area contributed by atoms with Crippen molar-refractivity contribution in [1.29, 1.82) is 0 Å². The van der Waals surface area contributed by atoms with Crippen LogP contribution in [0.15, 0.2) is 24.3 Å².